The molecule has 92 valence electrons. The molecule has 0 saturated carbocycles. The minimum atomic E-state index is -3.06. The highest BCUT2D eigenvalue weighted by Gasteiger charge is 2.01. The molecule has 7 heteroatoms. The summed E-state index contributed by atoms with van der Waals surface area (Å²) in [6, 6.07) is 0. The van der Waals surface area contributed by atoms with Crippen LogP contribution in [0.4, 0.5) is 0 Å². The summed E-state index contributed by atoms with van der Waals surface area (Å²) < 4.78 is 23.9. The lowest BCUT2D eigenvalue weighted by atomic mass is 10.3. The van der Waals surface area contributed by atoms with E-state index in [0.29, 0.717) is 13.1 Å². The highest BCUT2D eigenvalue weighted by molar-refractivity contribution is 7.88. The topological polar surface area (TPSA) is 71.1 Å². The van der Waals surface area contributed by atoms with Crippen LogP contribution in [0.5, 0.6) is 0 Å². The highest BCUT2D eigenvalue weighted by atomic mass is 32.2. The van der Waals surface area contributed by atoms with Crippen molar-refractivity contribution in [1.29, 1.82) is 0 Å². The van der Waals surface area contributed by atoms with Gasteiger partial charge < -0.3 is 5.32 Å². The van der Waals surface area contributed by atoms with Gasteiger partial charge in [0.15, 0.2) is 0 Å². The Morgan fingerprint density at radius 2 is 2.12 bits per heavy atom. The predicted molar refractivity (Wildman–Crippen MR) is 66.3 cm³/mol. The zero-order chi connectivity index (χ0) is 12.0. The second kappa shape index (κ2) is 6.29. The molecule has 0 aromatic carbocycles. The first-order valence-electron chi connectivity index (χ1n) is 5.03. The zero-order valence-corrected chi connectivity index (χ0v) is 11.1. The van der Waals surface area contributed by atoms with Crippen molar-refractivity contribution >= 4 is 21.4 Å². The Kier molecular flexibility index (Phi) is 5.33. The van der Waals surface area contributed by atoms with E-state index in [-0.39, 0.29) is 0 Å². The number of nitrogens with zero attached hydrogens (tertiary/aromatic N) is 1. The first-order valence-corrected chi connectivity index (χ1v) is 7.80. The Bertz CT molecular complexity index is 414. The van der Waals surface area contributed by atoms with Crippen molar-refractivity contribution in [1.82, 2.24) is 15.0 Å². The van der Waals surface area contributed by atoms with Crippen LogP contribution in [0.15, 0.2) is 5.51 Å². The van der Waals surface area contributed by atoms with Gasteiger partial charge in [0.1, 0.15) is 0 Å². The number of nitrogens with one attached hydrogen (secondary N) is 2. The third-order valence-corrected chi connectivity index (χ3v) is 3.76. The summed E-state index contributed by atoms with van der Waals surface area (Å²) >= 11 is 1.65. The molecule has 0 radical (unpaired) electrons. The SMILES string of the molecule is Cc1ncsc1CCNCCNS(C)(=O)=O. The third kappa shape index (κ3) is 5.55. The second-order valence-corrected chi connectivity index (χ2v) is 6.30. The number of thiazole rings is 1. The maximum atomic E-state index is 10.7. The molecule has 0 fully saturated rings. The van der Waals surface area contributed by atoms with Crippen LogP contribution in [0, 0.1) is 6.92 Å². The summed E-state index contributed by atoms with van der Waals surface area (Å²) in [5, 5.41) is 3.18. The van der Waals surface area contributed by atoms with E-state index >= 15 is 0 Å². The quantitative estimate of drug-likeness (QED) is 0.686. The molecule has 1 aromatic rings. The van der Waals surface area contributed by atoms with Gasteiger partial charge in [-0.2, -0.15) is 0 Å². The van der Waals surface area contributed by atoms with Gasteiger partial charge in [-0.05, 0) is 13.3 Å². The van der Waals surface area contributed by atoms with Crippen LogP contribution < -0.4 is 10.0 Å². The van der Waals surface area contributed by atoms with Crippen molar-refractivity contribution in [3.63, 3.8) is 0 Å². The lowest BCUT2D eigenvalue weighted by Gasteiger charge is -2.04. The van der Waals surface area contributed by atoms with E-state index in [0.717, 1.165) is 24.9 Å². The van der Waals surface area contributed by atoms with Crippen LogP contribution in [0.25, 0.3) is 0 Å². The maximum Gasteiger partial charge on any atom is 0.208 e. The molecule has 2 N–H and O–H groups in total. The Labute approximate surface area is 100 Å². The Balaban J connectivity index is 2.07. The molecule has 0 aliphatic carbocycles. The Morgan fingerprint density at radius 1 is 1.38 bits per heavy atom. The van der Waals surface area contributed by atoms with E-state index in [2.05, 4.69) is 15.0 Å². The number of aryl methyl sites for hydroxylation is 1. The van der Waals surface area contributed by atoms with Crippen LogP contribution in [0.1, 0.15) is 10.6 Å². The van der Waals surface area contributed by atoms with Gasteiger partial charge >= 0.3 is 0 Å². The minimum Gasteiger partial charge on any atom is -0.315 e. The van der Waals surface area contributed by atoms with Crippen molar-refractivity contribution in [2.75, 3.05) is 25.9 Å². The van der Waals surface area contributed by atoms with Crippen LogP contribution in [0.2, 0.25) is 0 Å². The van der Waals surface area contributed by atoms with E-state index in [9.17, 15) is 8.42 Å². The fraction of sp³-hybridized carbons (Fsp3) is 0.667. The summed E-state index contributed by atoms with van der Waals surface area (Å²) in [6.45, 7) is 3.91. The van der Waals surface area contributed by atoms with Gasteiger partial charge in [-0.25, -0.2) is 18.1 Å². The van der Waals surface area contributed by atoms with Gasteiger partial charge in [-0.1, -0.05) is 0 Å². The predicted octanol–water partition coefficient (Wildman–Crippen LogP) is 0.133. The number of rotatable bonds is 7. The fourth-order valence-corrected chi connectivity index (χ4v) is 2.47. The first kappa shape index (κ1) is 13.6. The summed E-state index contributed by atoms with van der Waals surface area (Å²) in [5.74, 6) is 0. The summed E-state index contributed by atoms with van der Waals surface area (Å²) in [5.41, 5.74) is 2.93. The summed E-state index contributed by atoms with van der Waals surface area (Å²) in [6.07, 6.45) is 2.10. The van der Waals surface area contributed by atoms with Crippen LogP contribution >= 0.6 is 11.3 Å². The van der Waals surface area contributed by atoms with Crippen LogP contribution in [-0.4, -0.2) is 39.3 Å². The number of aromatic nitrogens is 1. The zero-order valence-electron chi connectivity index (χ0n) is 9.49. The standard InChI is InChI=1S/C9H17N3O2S2/c1-8-9(15-7-11-8)3-4-10-5-6-12-16(2,13)14/h7,10,12H,3-6H2,1-2H3. The fourth-order valence-electron chi connectivity index (χ4n) is 1.22. The lowest BCUT2D eigenvalue weighted by molar-refractivity contribution is 0.582. The molecule has 1 aromatic heterocycles. The monoisotopic (exact) mass is 263 g/mol. The summed E-state index contributed by atoms with van der Waals surface area (Å²) in [7, 11) is -3.06. The van der Waals surface area contributed by atoms with Crippen LogP contribution in [0.3, 0.4) is 0 Å². The molecule has 1 heterocycles. The lowest BCUT2D eigenvalue weighted by Crippen LogP contribution is -2.31. The average molecular weight is 263 g/mol. The molecule has 1 rings (SSSR count). The van der Waals surface area contributed by atoms with Gasteiger partial charge in [0, 0.05) is 24.5 Å². The van der Waals surface area contributed by atoms with Crippen molar-refractivity contribution < 1.29 is 8.42 Å². The first-order chi connectivity index (χ1) is 7.49. The molecular weight excluding hydrogens is 246 g/mol. The number of hydrogen-bond donors (Lipinski definition) is 2. The van der Waals surface area contributed by atoms with Crippen LogP contribution in [-0.2, 0) is 16.4 Å². The molecule has 0 aliphatic heterocycles. The number of hydrogen-bond acceptors (Lipinski definition) is 5. The normalized spacial score (nSPS) is 11.9. The molecule has 5 nitrogen and oxygen atoms in total. The second-order valence-electron chi connectivity index (χ2n) is 3.53. The molecule has 0 saturated heterocycles. The summed E-state index contributed by atoms with van der Waals surface area (Å²) in [4.78, 5) is 5.44. The van der Waals surface area contributed by atoms with E-state index < -0.39 is 10.0 Å². The highest BCUT2D eigenvalue weighted by Crippen LogP contribution is 2.11. The molecule has 0 spiro atoms. The third-order valence-electron chi connectivity index (χ3n) is 2.04. The Hall–Kier alpha value is -0.500. The molecular formula is C9H17N3O2S2. The smallest absolute Gasteiger partial charge is 0.208 e. The van der Waals surface area contributed by atoms with E-state index in [1.807, 2.05) is 12.4 Å². The maximum absolute atomic E-state index is 10.7. The van der Waals surface area contributed by atoms with E-state index in [1.54, 1.807) is 11.3 Å². The van der Waals surface area contributed by atoms with Crippen molar-refractivity contribution in [2.45, 2.75) is 13.3 Å². The van der Waals surface area contributed by atoms with Gasteiger partial charge in [0.2, 0.25) is 10.0 Å². The van der Waals surface area contributed by atoms with Gasteiger partial charge in [-0.15, -0.1) is 11.3 Å². The molecule has 16 heavy (non-hydrogen) atoms. The van der Waals surface area contributed by atoms with Gasteiger partial charge in [0.25, 0.3) is 0 Å². The molecule has 0 aliphatic rings. The van der Waals surface area contributed by atoms with Gasteiger partial charge in [-0.3, -0.25) is 0 Å². The molecule has 0 bridgehead atoms. The van der Waals surface area contributed by atoms with E-state index in [1.165, 1.54) is 4.88 Å². The largest absolute Gasteiger partial charge is 0.315 e. The van der Waals surface area contributed by atoms with E-state index in [4.69, 9.17) is 0 Å². The molecule has 0 amide bonds. The van der Waals surface area contributed by atoms with Crippen molar-refractivity contribution in [3.05, 3.63) is 16.1 Å². The average Bonchev–Trinajstić information content (AvgIpc) is 2.56. The Morgan fingerprint density at radius 3 is 2.69 bits per heavy atom. The van der Waals surface area contributed by atoms with Crippen molar-refractivity contribution in [2.24, 2.45) is 0 Å². The van der Waals surface area contributed by atoms with Crippen molar-refractivity contribution in [3.8, 4) is 0 Å². The minimum absolute atomic E-state index is 0.431. The molecule has 0 atom stereocenters. The molecule has 0 unspecified atom stereocenters. The van der Waals surface area contributed by atoms with Gasteiger partial charge in [0.05, 0.1) is 17.5 Å². The number of sulfonamides is 1.